The summed E-state index contributed by atoms with van der Waals surface area (Å²) in [5.74, 6) is -0.277. The molecule has 1 unspecified atom stereocenters. The highest BCUT2D eigenvalue weighted by atomic mass is 16.2. The second-order valence-electron chi connectivity index (χ2n) is 4.29. The molecular formula is C11H18N2O3. The maximum atomic E-state index is 11.3. The third kappa shape index (κ3) is 4.00. The minimum atomic E-state index is -0.272. The van der Waals surface area contributed by atoms with Crippen LogP contribution in [-0.4, -0.2) is 41.6 Å². The van der Waals surface area contributed by atoms with Gasteiger partial charge in [-0.1, -0.05) is 0 Å². The molecule has 0 saturated carbocycles. The fourth-order valence-corrected chi connectivity index (χ4v) is 1.83. The van der Waals surface area contributed by atoms with Crippen LogP contribution < -0.4 is 5.32 Å². The molecule has 1 aliphatic rings. The first-order valence-electron chi connectivity index (χ1n) is 5.55. The second kappa shape index (κ2) is 5.63. The summed E-state index contributed by atoms with van der Waals surface area (Å²) in [6.45, 7) is 4.52. The van der Waals surface area contributed by atoms with E-state index in [2.05, 4.69) is 5.32 Å². The average molecular weight is 226 g/mol. The van der Waals surface area contributed by atoms with E-state index in [0.717, 1.165) is 13.0 Å². The van der Waals surface area contributed by atoms with Gasteiger partial charge in [0.15, 0.2) is 0 Å². The Balaban J connectivity index is 2.29. The summed E-state index contributed by atoms with van der Waals surface area (Å²) in [6, 6.07) is -0.103. The van der Waals surface area contributed by atoms with Crippen LogP contribution >= 0.6 is 0 Å². The molecule has 0 aliphatic carbocycles. The summed E-state index contributed by atoms with van der Waals surface area (Å²) < 4.78 is 0. The fourth-order valence-electron chi connectivity index (χ4n) is 1.83. The van der Waals surface area contributed by atoms with Crippen molar-refractivity contribution in [3.05, 3.63) is 0 Å². The summed E-state index contributed by atoms with van der Waals surface area (Å²) in [6.07, 6.45) is 1.42. The van der Waals surface area contributed by atoms with Gasteiger partial charge in [-0.25, -0.2) is 0 Å². The molecule has 1 N–H and O–H groups in total. The SMILES string of the molecule is CC(=O)CC(=O)NC(C)CN1CCCC1=O. The number of Topliss-reactive ketones (excluding diaryl/α,β-unsaturated/α-hetero) is 1. The summed E-state index contributed by atoms with van der Waals surface area (Å²) in [5, 5.41) is 2.70. The van der Waals surface area contributed by atoms with E-state index in [-0.39, 0.29) is 30.1 Å². The molecule has 2 amide bonds. The highest BCUT2D eigenvalue weighted by Crippen LogP contribution is 2.09. The molecule has 5 heteroatoms. The van der Waals surface area contributed by atoms with Crippen LogP contribution in [0.4, 0.5) is 0 Å². The topological polar surface area (TPSA) is 66.5 Å². The van der Waals surface area contributed by atoms with E-state index < -0.39 is 0 Å². The third-order valence-electron chi connectivity index (χ3n) is 2.48. The van der Waals surface area contributed by atoms with Gasteiger partial charge in [-0.05, 0) is 20.3 Å². The molecule has 1 saturated heterocycles. The molecule has 1 rings (SSSR count). The molecule has 5 nitrogen and oxygen atoms in total. The molecule has 1 aliphatic heterocycles. The monoisotopic (exact) mass is 226 g/mol. The highest BCUT2D eigenvalue weighted by Gasteiger charge is 2.22. The van der Waals surface area contributed by atoms with Crippen molar-refractivity contribution in [2.45, 2.75) is 39.2 Å². The lowest BCUT2D eigenvalue weighted by atomic mass is 10.2. The van der Waals surface area contributed by atoms with E-state index in [1.165, 1.54) is 6.92 Å². The molecular weight excluding hydrogens is 208 g/mol. The number of ketones is 1. The number of rotatable bonds is 5. The number of hydrogen-bond donors (Lipinski definition) is 1. The Kier molecular flexibility index (Phi) is 4.46. The van der Waals surface area contributed by atoms with E-state index in [4.69, 9.17) is 0 Å². The third-order valence-corrected chi connectivity index (χ3v) is 2.48. The average Bonchev–Trinajstić information content (AvgIpc) is 2.49. The van der Waals surface area contributed by atoms with Crippen LogP contribution in [0.1, 0.15) is 33.1 Å². The first-order valence-corrected chi connectivity index (χ1v) is 5.55. The van der Waals surface area contributed by atoms with Crippen molar-refractivity contribution < 1.29 is 14.4 Å². The largest absolute Gasteiger partial charge is 0.351 e. The van der Waals surface area contributed by atoms with Crippen molar-refractivity contribution >= 4 is 17.6 Å². The maximum absolute atomic E-state index is 11.3. The van der Waals surface area contributed by atoms with Crippen LogP contribution in [-0.2, 0) is 14.4 Å². The molecule has 16 heavy (non-hydrogen) atoms. The summed E-state index contributed by atoms with van der Waals surface area (Å²) in [7, 11) is 0. The van der Waals surface area contributed by atoms with Gasteiger partial charge >= 0.3 is 0 Å². The molecule has 0 aromatic rings. The van der Waals surface area contributed by atoms with Gasteiger partial charge < -0.3 is 10.2 Å². The van der Waals surface area contributed by atoms with Crippen molar-refractivity contribution in [1.29, 1.82) is 0 Å². The number of carbonyl (C=O) groups is 3. The Labute approximate surface area is 95.2 Å². The van der Waals surface area contributed by atoms with E-state index in [9.17, 15) is 14.4 Å². The molecule has 90 valence electrons. The first kappa shape index (κ1) is 12.7. The molecule has 0 bridgehead atoms. The van der Waals surface area contributed by atoms with Gasteiger partial charge in [-0.15, -0.1) is 0 Å². The molecule has 1 heterocycles. The van der Waals surface area contributed by atoms with E-state index in [0.29, 0.717) is 13.0 Å². The van der Waals surface area contributed by atoms with Crippen molar-refractivity contribution in [2.75, 3.05) is 13.1 Å². The molecule has 0 radical (unpaired) electrons. The van der Waals surface area contributed by atoms with E-state index >= 15 is 0 Å². The first-order chi connectivity index (χ1) is 7.49. The number of amides is 2. The lowest BCUT2D eigenvalue weighted by Crippen LogP contribution is -2.42. The van der Waals surface area contributed by atoms with Crippen LogP contribution in [0.25, 0.3) is 0 Å². The van der Waals surface area contributed by atoms with Crippen molar-refractivity contribution in [2.24, 2.45) is 0 Å². The molecule has 0 spiro atoms. The molecule has 1 atom stereocenters. The van der Waals surface area contributed by atoms with Crippen molar-refractivity contribution in [3.63, 3.8) is 0 Å². The Morgan fingerprint density at radius 1 is 1.50 bits per heavy atom. The Hall–Kier alpha value is -1.39. The van der Waals surface area contributed by atoms with Crippen molar-refractivity contribution in [1.82, 2.24) is 10.2 Å². The van der Waals surface area contributed by atoms with Gasteiger partial charge in [0.2, 0.25) is 11.8 Å². The van der Waals surface area contributed by atoms with Crippen LogP contribution in [0.2, 0.25) is 0 Å². The Bertz CT molecular complexity index is 302. The van der Waals surface area contributed by atoms with E-state index in [1.807, 2.05) is 6.92 Å². The maximum Gasteiger partial charge on any atom is 0.227 e. The number of likely N-dealkylation sites (tertiary alicyclic amines) is 1. The number of hydrogen-bond acceptors (Lipinski definition) is 3. The number of carbonyl (C=O) groups excluding carboxylic acids is 3. The zero-order chi connectivity index (χ0) is 12.1. The van der Waals surface area contributed by atoms with Gasteiger partial charge in [-0.3, -0.25) is 14.4 Å². The van der Waals surface area contributed by atoms with Crippen LogP contribution in [0, 0.1) is 0 Å². The summed E-state index contributed by atoms with van der Waals surface area (Å²) in [5.41, 5.74) is 0. The number of nitrogens with one attached hydrogen (secondary N) is 1. The molecule has 0 aromatic carbocycles. The zero-order valence-electron chi connectivity index (χ0n) is 9.78. The number of nitrogens with zero attached hydrogens (tertiary/aromatic N) is 1. The quantitative estimate of drug-likeness (QED) is 0.676. The minimum absolute atomic E-state index is 0.0850. The smallest absolute Gasteiger partial charge is 0.227 e. The van der Waals surface area contributed by atoms with E-state index in [1.54, 1.807) is 4.90 Å². The van der Waals surface area contributed by atoms with Gasteiger partial charge in [0.1, 0.15) is 5.78 Å². The Morgan fingerprint density at radius 2 is 2.19 bits per heavy atom. The predicted octanol–water partition coefficient (Wildman–Crippen LogP) is 0.0926. The second-order valence-corrected chi connectivity index (χ2v) is 4.29. The van der Waals surface area contributed by atoms with Crippen LogP contribution in [0.3, 0.4) is 0 Å². The van der Waals surface area contributed by atoms with Gasteiger partial charge in [0.05, 0.1) is 6.42 Å². The predicted molar refractivity (Wildman–Crippen MR) is 58.7 cm³/mol. The summed E-state index contributed by atoms with van der Waals surface area (Å²) >= 11 is 0. The minimum Gasteiger partial charge on any atom is -0.351 e. The Morgan fingerprint density at radius 3 is 2.69 bits per heavy atom. The lowest BCUT2D eigenvalue weighted by molar-refractivity contribution is -0.130. The summed E-state index contributed by atoms with van der Waals surface area (Å²) in [4.78, 5) is 35.1. The van der Waals surface area contributed by atoms with Crippen molar-refractivity contribution in [3.8, 4) is 0 Å². The molecule has 1 fully saturated rings. The standard InChI is InChI=1S/C11H18N2O3/c1-8(12-10(15)6-9(2)14)7-13-5-3-4-11(13)16/h8H,3-7H2,1-2H3,(H,12,15). The zero-order valence-corrected chi connectivity index (χ0v) is 9.78. The van der Waals surface area contributed by atoms with Crippen LogP contribution in [0.5, 0.6) is 0 Å². The van der Waals surface area contributed by atoms with Gasteiger partial charge in [0, 0.05) is 25.6 Å². The normalized spacial score (nSPS) is 17.4. The van der Waals surface area contributed by atoms with Crippen LogP contribution in [0.15, 0.2) is 0 Å². The highest BCUT2D eigenvalue weighted by molar-refractivity contribution is 5.96. The molecule has 0 aromatic heterocycles. The fraction of sp³-hybridized carbons (Fsp3) is 0.727. The van der Waals surface area contributed by atoms with Gasteiger partial charge in [-0.2, -0.15) is 0 Å². The lowest BCUT2D eigenvalue weighted by Gasteiger charge is -2.21. The van der Waals surface area contributed by atoms with Gasteiger partial charge in [0.25, 0.3) is 0 Å².